The van der Waals surface area contributed by atoms with E-state index in [2.05, 4.69) is 0 Å². The summed E-state index contributed by atoms with van der Waals surface area (Å²) in [4.78, 5) is 12.0. The molecule has 0 aromatic heterocycles. The van der Waals surface area contributed by atoms with E-state index in [-0.39, 0.29) is 10.0 Å². The Kier molecular flexibility index (Phi) is 5.50. The lowest BCUT2D eigenvalue weighted by atomic mass is 10.2. The number of rotatable bonds is 6. The van der Waals surface area contributed by atoms with Crippen LogP contribution in [-0.4, -0.2) is 31.2 Å². The summed E-state index contributed by atoms with van der Waals surface area (Å²) in [7, 11) is -3.90. The maximum absolute atomic E-state index is 12.0. The number of carbonyl (C=O) groups is 1. The summed E-state index contributed by atoms with van der Waals surface area (Å²) in [6, 6.07) is 14.9. The quantitative estimate of drug-likeness (QED) is 0.664. The standard InChI is InChI=1S/C15H15N3O4S2/c16-15(23)18(11-4-2-1-3-5-11)12-6-8-13(9-7-12)24(21,22)17-10-14(19)20/h1-9,17H,10H2,(H2,16,23)(H,19,20). The second-order valence-corrected chi connectivity index (χ2v) is 6.91. The Morgan fingerprint density at radius 2 is 1.62 bits per heavy atom. The molecule has 0 radical (unpaired) electrons. The third kappa shape index (κ3) is 4.28. The molecule has 0 atom stereocenters. The third-order valence-electron chi connectivity index (χ3n) is 3.05. The number of anilines is 2. The van der Waals surface area contributed by atoms with Crippen LogP contribution in [0, 0.1) is 0 Å². The molecule has 0 bridgehead atoms. The Morgan fingerprint density at radius 3 is 2.12 bits per heavy atom. The van der Waals surface area contributed by atoms with Gasteiger partial charge in [0, 0.05) is 11.4 Å². The lowest BCUT2D eigenvalue weighted by molar-refractivity contribution is -0.135. The van der Waals surface area contributed by atoms with Gasteiger partial charge in [0.15, 0.2) is 5.11 Å². The summed E-state index contributed by atoms with van der Waals surface area (Å²) in [6.45, 7) is -0.687. The summed E-state index contributed by atoms with van der Waals surface area (Å²) in [5.41, 5.74) is 7.10. The van der Waals surface area contributed by atoms with Crippen LogP contribution in [0.4, 0.5) is 11.4 Å². The topological polar surface area (TPSA) is 113 Å². The average molecular weight is 365 g/mol. The minimum Gasteiger partial charge on any atom is -0.480 e. The van der Waals surface area contributed by atoms with E-state index >= 15 is 0 Å². The van der Waals surface area contributed by atoms with Crippen LogP contribution in [0.3, 0.4) is 0 Å². The molecule has 0 aliphatic heterocycles. The molecule has 0 spiro atoms. The number of carboxylic acids is 1. The van der Waals surface area contributed by atoms with Crippen molar-refractivity contribution in [2.75, 3.05) is 11.4 Å². The van der Waals surface area contributed by atoms with Gasteiger partial charge >= 0.3 is 5.97 Å². The molecule has 0 saturated heterocycles. The SMILES string of the molecule is NC(=S)N(c1ccccc1)c1ccc(S(=O)(=O)NCC(=O)O)cc1. The molecule has 0 saturated carbocycles. The number of nitrogens with zero attached hydrogens (tertiary/aromatic N) is 1. The maximum Gasteiger partial charge on any atom is 0.318 e. The van der Waals surface area contributed by atoms with Gasteiger partial charge in [-0.05, 0) is 48.6 Å². The summed E-state index contributed by atoms with van der Waals surface area (Å²) in [5, 5.41) is 8.68. The van der Waals surface area contributed by atoms with Gasteiger partial charge in [-0.3, -0.25) is 9.69 Å². The number of nitrogens with two attached hydrogens (primary N) is 1. The van der Waals surface area contributed by atoms with Crippen molar-refractivity contribution in [2.24, 2.45) is 5.73 Å². The van der Waals surface area contributed by atoms with Gasteiger partial charge in [0.05, 0.1) is 4.90 Å². The Bertz CT molecular complexity index is 837. The number of sulfonamides is 1. The normalized spacial score (nSPS) is 11.0. The summed E-state index contributed by atoms with van der Waals surface area (Å²) in [5.74, 6) is -1.26. The van der Waals surface area contributed by atoms with Crippen LogP contribution in [0.2, 0.25) is 0 Å². The monoisotopic (exact) mass is 365 g/mol. The molecule has 4 N–H and O–H groups in total. The molecule has 0 aliphatic carbocycles. The Hall–Kier alpha value is -2.49. The van der Waals surface area contributed by atoms with Gasteiger partial charge in [-0.2, -0.15) is 4.72 Å². The van der Waals surface area contributed by atoms with Crippen molar-refractivity contribution in [3.63, 3.8) is 0 Å². The van der Waals surface area contributed by atoms with E-state index < -0.39 is 22.5 Å². The molecule has 0 fully saturated rings. The highest BCUT2D eigenvalue weighted by molar-refractivity contribution is 7.89. The van der Waals surface area contributed by atoms with Crippen molar-refractivity contribution in [1.82, 2.24) is 4.72 Å². The molecule has 2 aromatic rings. The van der Waals surface area contributed by atoms with Crippen LogP contribution in [0.15, 0.2) is 59.5 Å². The average Bonchev–Trinajstić information content (AvgIpc) is 2.54. The van der Waals surface area contributed by atoms with Gasteiger partial charge in [0.2, 0.25) is 10.0 Å². The van der Waals surface area contributed by atoms with E-state index in [1.54, 1.807) is 17.0 Å². The molecule has 0 amide bonds. The van der Waals surface area contributed by atoms with Crippen LogP contribution < -0.4 is 15.4 Å². The smallest absolute Gasteiger partial charge is 0.318 e. The molecule has 9 heteroatoms. The fourth-order valence-electron chi connectivity index (χ4n) is 2.00. The van der Waals surface area contributed by atoms with Crippen LogP contribution in [0.25, 0.3) is 0 Å². The first-order valence-electron chi connectivity index (χ1n) is 6.77. The largest absolute Gasteiger partial charge is 0.480 e. The molecule has 0 heterocycles. The first-order chi connectivity index (χ1) is 11.3. The number of hydrogen-bond donors (Lipinski definition) is 3. The maximum atomic E-state index is 12.0. The van der Waals surface area contributed by atoms with Crippen LogP contribution >= 0.6 is 12.2 Å². The number of para-hydroxylation sites is 1. The van der Waals surface area contributed by atoms with Crippen molar-refractivity contribution >= 4 is 44.7 Å². The first kappa shape index (κ1) is 17.9. The highest BCUT2D eigenvalue weighted by Crippen LogP contribution is 2.26. The molecule has 2 aromatic carbocycles. The zero-order valence-corrected chi connectivity index (χ0v) is 14.0. The predicted octanol–water partition coefficient (Wildman–Crippen LogP) is 1.43. The number of hydrogen-bond acceptors (Lipinski definition) is 4. The van der Waals surface area contributed by atoms with E-state index in [0.29, 0.717) is 5.69 Å². The van der Waals surface area contributed by atoms with Gasteiger partial charge in [-0.15, -0.1) is 0 Å². The minimum atomic E-state index is -3.90. The Morgan fingerprint density at radius 1 is 1.08 bits per heavy atom. The fourth-order valence-corrected chi connectivity index (χ4v) is 3.18. The second-order valence-electron chi connectivity index (χ2n) is 4.72. The molecule has 126 valence electrons. The van der Waals surface area contributed by atoms with E-state index in [4.69, 9.17) is 23.1 Å². The first-order valence-corrected chi connectivity index (χ1v) is 8.66. The van der Waals surface area contributed by atoms with Crippen molar-refractivity contribution in [3.05, 3.63) is 54.6 Å². The molecule has 0 aliphatic rings. The lowest BCUT2D eigenvalue weighted by Gasteiger charge is -2.23. The van der Waals surface area contributed by atoms with Crippen LogP contribution in [0.5, 0.6) is 0 Å². The zero-order chi connectivity index (χ0) is 17.7. The van der Waals surface area contributed by atoms with Gasteiger partial charge in [0.1, 0.15) is 6.54 Å². The van der Waals surface area contributed by atoms with Crippen molar-refractivity contribution in [3.8, 4) is 0 Å². The fraction of sp³-hybridized carbons (Fsp3) is 0.0667. The van der Waals surface area contributed by atoms with Gasteiger partial charge < -0.3 is 10.8 Å². The van der Waals surface area contributed by atoms with E-state index in [1.807, 2.05) is 35.1 Å². The number of aliphatic carboxylic acids is 1. The van der Waals surface area contributed by atoms with E-state index in [1.165, 1.54) is 12.1 Å². The van der Waals surface area contributed by atoms with Gasteiger partial charge in [-0.25, -0.2) is 8.42 Å². The van der Waals surface area contributed by atoms with E-state index in [9.17, 15) is 13.2 Å². The highest BCUT2D eigenvalue weighted by Gasteiger charge is 2.17. The number of carboxylic acid groups (broad SMARTS) is 1. The van der Waals surface area contributed by atoms with Gasteiger partial charge in [-0.1, -0.05) is 18.2 Å². The molecular weight excluding hydrogens is 350 g/mol. The van der Waals surface area contributed by atoms with Crippen LogP contribution in [0.1, 0.15) is 0 Å². The highest BCUT2D eigenvalue weighted by atomic mass is 32.2. The molecule has 7 nitrogen and oxygen atoms in total. The lowest BCUT2D eigenvalue weighted by Crippen LogP contribution is -2.31. The summed E-state index contributed by atoms with van der Waals surface area (Å²) < 4.78 is 26.0. The van der Waals surface area contributed by atoms with Crippen molar-refractivity contribution in [1.29, 1.82) is 0 Å². The second kappa shape index (κ2) is 7.39. The Labute approximate surface area is 144 Å². The predicted molar refractivity (Wildman–Crippen MR) is 94.6 cm³/mol. The molecule has 2 rings (SSSR count). The number of nitrogens with one attached hydrogen (secondary N) is 1. The molecule has 0 unspecified atom stereocenters. The summed E-state index contributed by atoms with van der Waals surface area (Å²) >= 11 is 5.07. The molecular formula is C15H15N3O4S2. The van der Waals surface area contributed by atoms with Gasteiger partial charge in [0.25, 0.3) is 0 Å². The van der Waals surface area contributed by atoms with Crippen LogP contribution in [-0.2, 0) is 14.8 Å². The summed E-state index contributed by atoms with van der Waals surface area (Å²) in [6.07, 6.45) is 0. The minimum absolute atomic E-state index is 0.0524. The third-order valence-corrected chi connectivity index (χ3v) is 4.65. The van der Waals surface area contributed by atoms with Crippen molar-refractivity contribution in [2.45, 2.75) is 4.90 Å². The van der Waals surface area contributed by atoms with Crippen molar-refractivity contribution < 1.29 is 18.3 Å². The number of benzene rings is 2. The number of thiocarbonyl (C=S) groups is 1. The van der Waals surface area contributed by atoms with E-state index in [0.717, 1.165) is 5.69 Å². The zero-order valence-electron chi connectivity index (χ0n) is 12.4. The molecule has 24 heavy (non-hydrogen) atoms. The Balaban J connectivity index is 2.30.